The lowest BCUT2D eigenvalue weighted by Crippen LogP contribution is -2.53. The summed E-state index contributed by atoms with van der Waals surface area (Å²) in [6.07, 6.45) is 1.90. The lowest BCUT2D eigenvalue weighted by Gasteiger charge is -2.40. The van der Waals surface area contributed by atoms with Crippen molar-refractivity contribution in [3.05, 3.63) is 18.3 Å². The molecular formula is C10H15N3O. The van der Waals surface area contributed by atoms with Gasteiger partial charge in [0, 0.05) is 33.4 Å². The van der Waals surface area contributed by atoms with Gasteiger partial charge in [0.15, 0.2) is 0 Å². The Morgan fingerprint density at radius 2 is 2.29 bits per heavy atom. The molecule has 1 aliphatic heterocycles. The minimum atomic E-state index is 0.174. The van der Waals surface area contributed by atoms with Crippen molar-refractivity contribution < 1.29 is 4.79 Å². The Bertz CT molecular complexity index is 312. The van der Waals surface area contributed by atoms with E-state index in [2.05, 4.69) is 9.88 Å². The summed E-state index contributed by atoms with van der Waals surface area (Å²) < 4.78 is 0. The van der Waals surface area contributed by atoms with Gasteiger partial charge in [-0.3, -0.25) is 4.79 Å². The highest BCUT2D eigenvalue weighted by atomic mass is 16.2. The van der Waals surface area contributed by atoms with E-state index in [0.29, 0.717) is 0 Å². The summed E-state index contributed by atoms with van der Waals surface area (Å²) in [6.45, 7) is 1.66. The fourth-order valence-electron chi connectivity index (χ4n) is 1.71. The highest BCUT2D eigenvalue weighted by molar-refractivity contribution is 5.81. The topological polar surface area (TPSA) is 39.3 Å². The molecule has 1 N–H and O–H groups in total. The van der Waals surface area contributed by atoms with Crippen LogP contribution in [0.1, 0.15) is 0 Å². The summed E-state index contributed by atoms with van der Waals surface area (Å²) >= 11 is 0. The van der Waals surface area contributed by atoms with E-state index in [1.165, 1.54) is 0 Å². The predicted octanol–water partition coefficient (Wildman–Crippen LogP) is 0.539. The van der Waals surface area contributed by atoms with Gasteiger partial charge in [-0.25, -0.2) is 0 Å². The molecule has 0 aromatic carbocycles. The first-order valence-corrected chi connectivity index (χ1v) is 4.78. The zero-order valence-corrected chi connectivity index (χ0v) is 8.53. The molecule has 2 rings (SSSR count). The lowest BCUT2D eigenvalue weighted by atomic mass is 9.99. The Balaban J connectivity index is 1.88. The molecule has 2 heterocycles. The summed E-state index contributed by atoms with van der Waals surface area (Å²) in [5, 5.41) is 0. The summed E-state index contributed by atoms with van der Waals surface area (Å²) in [7, 11) is 3.61. The second-order valence-corrected chi connectivity index (χ2v) is 3.89. The highest BCUT2D eigenvalue weighted by Crippen LogP contribution is 2.23. The van der Waals surface area contributed by atoms with E-state index in [1.54, 1.807) is 19.0 Å². The van der Waals surface area contributed by atoms with Gasteiger partial charge in [0.25, 0.3) is 0 Å². The van der Waals surface area contributed by atoms with Crippen LogP contribution in [0, 0.1) is 5.92 Å². The Kier molecular flexibility index (Phi) is 2.19. The number of anilines is 1. The molecule has 0 spiro atoms. The van der Waals surface area contributed by atoms with Gasteiger partial charge >= 0.3 is 0 Å². The van der Waals surface area contributed by atoms with Gasteiger partial charge in [0.05, 0.1) is 5.92 Å². The number of nitrogens with one attached hydrogen (secondary N) is 1. The number of H-pyrrole nitrogens is 1. The molecule has 0 aliphatic carbocycles. The zero-order valence-electron chi connectivity index (χ0n) is 8.53. The molecule has 1 aliphatic rings. The van der Waals surface area contributed by atoms with E-state index in [9.17, 15) is 4.79 Å². The highest BCUT2D eigenvalue weighted by Gasteiger charge is 2.33. The van der Waals surface area contributed by atoms with E-state index in [-0.39, 0.29) is 11.8 Å². The third-order valence-electron chi connectivity index (χ3n) is 2.59. The molecule has 1 aromatic heterocycles. The Morgan fingerprint density at radius 1 is 1.57 bits per heavy atom. The van der Waals surface area contributed by atoms with Crippen molar-refractivity contribution >= 4 is 11.7 Å². The van der Waals surface area contributed by atoms with Crippen LogP contribution in [0.4, 0.5) is 5.82 Å². The number of aromatic amines is 1. The molecule has 1 aromatic rings. The van der Waals surface area contributed by atoms with Crippen molar-refractivity contribution in [2.75, 3.05) is 32.1 Å². The Hall–Kier alpha value is -1.45. The molecule has 0 bridgehead atoms. The zero-order chi connectivity index (χ0) is 10.1. The maximum Gasteiger partial charge on any atom is 0.228 e. The molecule has 4 heteroatoms. The molecular weight excluding hydrogens is 178 g/mol. The molecule has 76 valence electrons. The predicted molar refractivity (Wildman–Crippen MR) is 55.2 cm³/mol. The average molecular weight is 193 g/mol. The van der Waals surface area contributed by atoms with Crippen molar-refractivity contribution in [2.24, 2.45) is 5.92 Å². The number of hydrogen-bond acceptors (Lipinski definition) is 2. The van der Waals surface area contributed by atoms with Crippen LogP contribution in [0.15, 0.2) is 18.3 Å². The number of carbonyl (C=O) groups excluding carboxylic acids is 1. The van der Waals surface area contributed by atoms with Crippen LogP contribution in [0.3, 0.4) is 0 Å². The maximum atomic E-state index is 11.5. The minimum Gasteiger partial charge on any atom is -0.356 e. The number of aromatic nitrogens is 1. The normalized spacial score (nSPS) is 16.6. The molecule has 0 atom stereocenters. The summed E-state index contributed by atoms with van der Waals surface area (Å²) in [4.78, 5) is 18.5. The van der Waals surface area contributed by atoms with E-state index in [1.807, 2.05) is 18.3 Å². The standard InChI is InChI=1S/C10H15N3O/c1-12(2)10(14)8-6-13(7-8)9-4-3-5-11-9/h3-5,8,11H,6-7H2,1-2H3. The van der Waals surface area contributed by atoms with Crippen molar-refractivity contribution in [3.63, 3.8) is 0 Å². The first-order chi connectivity index (χ1) is 6.68. The maximum absolute atomic E-state index is 11.5. The van der Waals surface area contributed by atoms with Crippen LogP contribution in [0.2, 0.25) is 0 Å². The second kappa shape index (κ2) is 3.36. The Morgan fingerprint density at radius 3 is 2.79 bits per heavy atom. The van der Waals surface area contributed by atoms with Crippen molar-refractivity contribution in [3.8, 4) is 0 Å². The van der Waals surface area contributed by atoms with Gasteiger partial charge in [-0.2, -0.15) is 0 Å². The van der Waals surface area contributed by atoms with Crippen LogP contribution in [0.25, 0.3) is 0 Å². The van der Waals surface area contributed by atoms with Crippen LogP contribution in [-0.4, -0.2) is 43.0 Å². The molecule has 4 nitrogen and oxygen atoms in total. The Labute approximate surface area is 83.5 Å². The second-order valence-electron chi connectivity index (χ2n) is 3.89. The van der Waals surface area contributed by atoms with E-state index < -0.39 is 0 Å². The van der Waals surface area contributed by atoms with Gasteiger partial charge in [0.2, 0.25) is 5.91 Å². The smallest absolute Gasteiger partial charge is 0.228 e. The molecule has 0 unspecified atom stereocenters. The van der Waals surface area contributed by atoms with E-state index >= 15 is 0 Å². The van der Waals surface area contributed by atoms with Gasteiger partial charge < -0.3 is 14.8 Å². The molecule has 1 fully saturated rings. The average Bonchev–Trinajstić information content (AvgIpc) is 2.54. The van der Waals surface area contributed by atoms with Crippen LogP contribution in [0.5, 0.6) is 0 Å². The number of nitrogens with zero attached hydrogens (tertiary/aromatic N) is 2. The minimum absolute atomic E-state index is 0.174. The summed E-state index contributed by atoms with van der Waals surface area (Å²) in [5.74, 6) is 1.51. The molecule has 1 saturated heterocycles. The van der Waals surface area contributed by atoms with Crippen LogP contribution in [-0.2, 0) is 4.79 Å². The molecule has 1 amide bonds. The molecule has 0 radical (unpaired) electrons. The SMILES string of the molecule is CN(C)C(=O)C1CN(c2ccc[nH]2)C1. The molecule has 0 saturated carbocycles. The van der Waals surface area contributed by atoms with Crippen molar-refractivity contribution in [1.29, 1.82) is 0 Å². The van der Waals surface area contributed by atoms with Gasteiger partial charge in [-0.15, -0.1) is 0 Å². The third kappa shape index (κ3) is 1.47. The first kappa shape index (κ1) is 9.12. The summed E-state index contributed by atoms with van der Waals surface area (Å²) in [6, 6.07) is 3.99. The van der Waals surface area contributed by atoms with Gasteiger partial charge in [-0.1, -0.05) is 0 Å². The van der Waals surface area contributed by atoms with Crippen molar-refractivity contribution in [1.82, 2.24) is 9.88 Å². The van der Waals surface area contributed by atoms with Crippen molar-refractivity contribution in [2.45, 2.75) is 0 Å². The van der Waals surface area contributed by atoms with E-state index in [0.717, 1.165) is 18.9 Å². The molecule has 14 heavy (non-hydrogen) atoms. The van der Waals surface area contributed by atoms with Crippen LogP contribution < -0.4 is 4.90 Å². The van der Waals surface area contributed by atoms with E-state index in [4.69, 9.17) is 0 Å². The number of amides is 1. The van der Waals surface area contributed by atoms with Gasteiger partial charge in [0.1, 0.15) is 5.82 Å². The number of hydrogen-bond donors (Lipinski definition) is 1. The first-order valence-electron chi connectivity index (χ1n) is 4.78. The van der Waals surface area contributed by atoms with Gasteiger partial charge in [-0.05, 0) is 12.1 Å². The lowest BCUT2D eigenvalue weighted by molar-refractivity contribution is -0.133. The fourth-order valence-corrected chi connectivity index (χ4v) is 1.71. The quantitative estimate of drug-likeness (QED) is 0.744. The fraction of sp³-hybridized carbons (Fsp3) is 0.500. The van der Waals surface area contributed by atoms with Crippen LogP contribution >= 0.6 is 0 Å². The number of rotatable bonds is 2. The third-order valence-corrected chi connectivity index (χ3v) is 2.59. The monoisotopic (exact) mass is 193 g/mol. The number of carbonyl (C=O) groups is 1. The largest absolute Gasteiger partial charge is 0.356 e. The summed E-state index contributed by atoms with van der Waals surface area (Å²) in [5.41, 5.74) is 0.